The van der Waals surface area contributed by atoms with E-state index in [2.05, 4.69) is 78.6 Å². The lowest BCUT2D eigenvalue weighted by Crippen LogP contribution is -1.79. The summed E-state index contributed by atoms with van der Waals surface area (Å²) in [4.78, 5) is 0. The van der Waals surface area contributed by atoms with Crippen LogP contribution < -0.4 is 0 Å². The molecule has 0 saturated carbocycles. The number of benzene rings is 4. The highest BCUT2D eigenvalue weighted by atomic mass is 14.0. The van der Waals surface area contributed by atoms with E-state index in [9.17, 15) is 0 Å². The zero-order valence-corrected chi connectivity index (χ0v) is 12.0. The second-order valence-electron chi connectivity index (χ2n) is 5.28. The minimum absolute atomic E-state index is 1.03. The van der Waals surface area contributed by atoms with Gasteiger partial charge in [-0.25, -0.2) is 0 Å². The van der Waals surface area contributed by atoms with Gasteiger partial charge < -0.3 is 0 Å². The predicted molar refractivity (Wildman–Crippen MR) is 92.7 cm³/mol. The lowest BCUT2D eigenvalue weighted by atomic mass is 10.1. The number of rotatable bonds is 0. The van der Waals surface area contributed by atoms with Crippen molar-refractivity contribution in [3.05, 3.63) is 96.1 Å². The van der Waals surface area contributed by atoms with E-state index in [1.54, 1.807) is 0 Å². The summed E-state index contributed by atoms with van der Waals surface area (Å²) in [6, 6.07) is 30.2. The standard InChI is InChI=1S/C22H13/c1-3-7-21-15-17(11-13-19(21)5-1)9-10-18-12-14-20-6-2-4-8-22(20)16-18/h1-5,7-8,11-16H. The summed E-state index contributed by atoms with van der Waals surface area (Å²) in [6.45, 7) is 0. The Morgan fingerprint density at radius 2 is 1.27 bits per heavy atom. The molecule has 0 nitrogen and oxygen atoms in total. The van der Waals surface area contributed by atoms with Crippen LogP contribution in [0.2, 0.25) is 0 Å². The second kappa shape index (κ2) is 5.39. The van der Waals surface area contributed by atoms with E-state index in [1.807, 2.05) is 18.2 Å². The van der Waals surface area contributed by atoms with Crippen molar-refractivity contribution in [1.29, 1.82) is 0 Å². The first-order chi connectivity index (χ1) is 10.9. The Labute approximate surface area is 130 Å². The van der Waals surface area contributed by atoms with Crippen molar-refractivity contribution in [2.75, 3.05) is 0 Å². The Kier molecular flexibility index (Phi) is 3.11. The first-order valence-electron chi connectivity index (χ1n) is 7.30. The first kappa shape index (κ1) is 12.7. The summed E-state index contributed by atoms with van der Waals surface area (Å²) in [5.41, 5.74) is 2.07. The molecule has 0 aliphatic heterocycles. The van der Waals surface area contributed by atoms with Gasteiger partial charge in [-0.3, -0.25) is 0 Å². The van der Waals surface area contributed by atoms with Crippen LogP contribution in [-0.4, -0.2) is 0 Å². The zero-order valence-electron chi connectivity index (χ0n) is 12.0. The lowest BCUT2D eigenvalue weighted by Gasteiger charge is -1.98. The summed E-state index contributed by atoms with van der Waals surface area (Å²) < 4.78 is 0. The van der Waals surface area contributed by atoms with E-state index in [0.29, 0.717) is 0 Å². The molecule has 0 aromatic heterocycles. The molecule has 0 heteroatoms. The van der Waals surface area contributed by atoms with Crippen LogP contribution in [0.5, 0.6) is 0 Å². The maximum Gasteiger partial charge on any atom is 0.0255 e. The molecule has 22 heavy (non-hydrogen) atoms. The Morgan fingerprint density at radius 1 is 0.591 bits per heavy atom. The SMILES string of the molecule is C(#Cc1ccc2ccccc2c1)c1ccc2[c]cccc2c1. The van der Waals surface area contributed by atoms with Crippen molar-refractivity contribution in [1.82, 2.24) is 0 Å². The molecule has 4 rings (SSSR count). The molecule has 0 fully saturated rings. The minimum atomic E-state index is 1.03. The molecule has 0 unspecified atom stereocenters. The van der Waals surface area contributed by atoms with Crippen molar-refractivity contribution in [2.24, 2.45) is 0 Å². The van der Waals surface area contributed by atoms with Gasteiger partial charge in [0.1, 0.15) is 0 Å². The molecule has 0 N–H and O–H groups in total. The summed E-state index contributed by atoms with van der Waals surface area (Å²) in [5.74, 6) is 6.51. The number of hydrogen-bond donors (Lipinski definition) is 0. The summed E-state index contributed by atoms with van der Waals surface area (Å²) in [7, 11) is 0. The van der Waals surface area contributed by atoms with E-state index in [4.69, 9.17) is 0 Å². The van der Waals surface area contributed by atoms with Gasteiger partial charge in [0, 0.05) is 11.1 Å². The smallest absolute Gasteiger partial charge is 0.0255 e. The van der Waals surface area contributed by atoms with Gasteiger partial charge in [-0.1, -0.05) is 66.4 Å². The maximum absolute atomic E-state index is 3.26. The van der Waals surface area contributed by atoms with Crippen LogP contribution in [0.1, 0.15) is 11.1 Å². The highest BCUT2D eigenvalue weighted by Crippen LogP contribution is 2.16. The van der Waals surface area contributed by atoms with Crippen LogP contribution in [0.25, 0.3) is 21.5 Å². The molecule has 0 amide bonds. The Morgan fingerprint density at radius 3 is 2.14 bits per heavy atom. The van der Waals surface area contributed by atoms with Gasteiger partial charge in [-0.2, -0.15) is 0 Å². The maximum atomic E-state index is 3.26. The van der Waals surface area contributed by atoms with Gasteiger partial charge in [0.25, 0.3) is 0 Å². The van der Waals surface area contributed by atoms with Crippen LogP contribution in [-0.2, 0) is 0 Å². The largest absolute Gasteiger partial charge is 0.0616 e. The average molecular weight is 277 g/mol. The summed E-state index contributed by atoms with van der Waals surface area (Å²) >= 11 is 0. The fourth-order valence-electron chi connectivity index (χ4n) is 2.61. The molecule has 4 aromatic carbocycles. The quantitative estimate of drug-likeness (QED) is 0.388. The summed E-state index contributed by atoms with van der Waals surface area (Å²) in [5, 5.41) is 4.77. The third kappa shape index (κ3) is 2.45. The molecule has 1 radical (unpaired) electrons. The average Bonchev–Trinajstić information content (AvgIpc) is 2.59. The molecule has 101 valence electrons. The van der Waals surface area contributed by atoms with Crippen LogP contribution in [0.15, 0.2) is 78.9 Å². The van der Waals surface area contributed by atoms with Crippen LogP contribution >= 0.6 is 0 Å². The normalized spacial score (nSPS) is 10.4. The summed E-state index contributed by atoms with van der Waals surface area (Å²) in [6.07, 6.45) is 0. The molecule has 0 spiro atoms. The van der Waals surface area contributed by atoms with E-state index >= 15 is 0 Å². The van der Waals surface area contributed by atoms with Gasteiger partial charge in [-0.15, -0.1) is 0 Å². The molecule has 0 aliphatic carbocycles. The van der Waals surface area contributed by atoms with Gasteiger partial charge in [0.15, 0.2) is 0 Å². The van der Waals surface area contributed by atoms with E-state index in [0.717, 1.165) is 16.5 Å². The van der Waals surface area contributed by atoms with E-state index in [1.165, 1.54) is 16.2 Å². The van der Waals surface area contributed by atoms with Gasteiger partial charge in [-0.05, 0) is 51.9 Å². The number of hydrogen-bond acceptors (Lipinski definition) is 0. The number of fused-ring (bicyclic) bond motifs is 2. The fraction of sp³-hybridized carbons (Fsp3) is 0. The van der Waals surface area contributed by atoms with Crippen molar-refractivity contribution >= 4 is 21.5 Å². The Balaban J connectivity index is 1.73. The first-order valence-corrected chi connectivity index (χ1v) is 7.30. The molecular weight excluding hydrogens is 264 g/mol. The predicted octanol–water partition coefficient (Wildman–Crippen LogP) is 5.19. The van der Waals surface area contributed by atoms with Crippen LogP contribution in [0.3, 0.4) is 0 Å². The molecule has 4 aromatic rings. The van der Waals surface area contributed by atoms with Crippen molar-refractivity contribution in [3.8, 4) is 11.8 Å². The third-order valence-corrected chi connectivity index (χ3v) is 3.76. The molecule has 0 bridgehead atoms. The molecule has 0 saturated heterocycles. The fourth-order valence-corrected chi connectivity index (χ4v) is 2.61. The second-order valence-corrected chi connectivity index (χ2v) is 5.28. The highest BCUT2D eigenvalue weighted by Gasteiger charge is 1.95. The monoisotopic (exact) mass is 277 g/mol. The van der Waals surface area contributed by atoms with Crippen molar-refractivity contribution < 1.29 is 0 Å². The Bertz CT molecular complexity index is 946. The van der Waals surface area contributed by atoms with E-state index < -0.39 is 0 Å². The minimum Gasteiger partial charge on any atom is -0.0616 e. The zero-order chi connectivity index (χ0) is 14.8. The van der Waals surface area contributed by atoms with Gasteiger partial charge in [0.2, 0.25) is 0 Å². The van der Waals surface area contributed by atoms with E-state index in [-0.39, 0.29) is 0 Å². The third-order valence-electron chi connectivity index (χ3n) is 3.76. The topological polar surface area (TPSA) is 0 Å². The molecule has 0 atom stereocenters. The molecular formula is C22H13. The van der Waals surface area contributed by atoms with Crippen molar-refractivity contribution in [2.45, 2.75) is 0 Å². The van der Waals surface area contributed by atoms with Gasteiger partial charge in [0.05, 0.1) is 0 Å². The van der Waals surface area contributed by atoms with Gasteiger partial charge >= 0.3 is 0 Å². The highest BCUT2D eigenvalue weighted by molar-refractivity contribution is 5.84. The molecule has 0 aliphatic rings. The van der Waals surface area contributed by atoms with Crippen molar-refractivity contribution in [3.63, 3.8) is 0 Å². The lowest BCUT2D eigenvalue weighted by molar-refractivity contribution is 1.67. The van der Waals surface area contributed by atoms with Crippen LogP contribution in [0.4, 0.5) is 0 Å². The van der Waals surface area contributed by atoms with Crippen LogP contribution in [0, 0.1) is 17.9 Å². The molecule has 0 heterocycles. The Hall–Kier alpha value is -3.04.